The number of amides is 2. The van der Waals surface area contributed by atoms with Gasteiger partial charge in [0.25, 0.3) is 11.5 Å². The van der Waals surface area contributed by atoms with E-state index in [2.05, 4.69) is 21.2 Å². The molecule has 2 atom stereocenters. The first-order chi connectivity index (χ1) is 16.4. The Balaban J connectivity index is 1.61. The topological polar surface area (TPSA) is 69.6 Å². The summed E-state index contributed by atoms with van der Waals surface area (Å²) in [7, 11) is 0. The molecule has 2 aliphatic heterocycles. The van der Waals surface area contributed by atoms with Crippen LogP contribution in [0.2, 0.25) is 0 Å². The number of halogens is 6. The van der Waals surface area contributed by atoms with Crippen LogP contribution < -0.4 is 5.32 Å². The Hall–Kier alpha value is -2.53. The molecule has 4 rings (SSSR count). The largest absolute Gasteiger partial charge is 0.430 e. The first kappa shape index (κ1) is 25.6. The molecule has 2 saturated heterocycles. The van der Waals surface area contributed by atoms with Gasteiger partial charge in [0.1, 0.15) is 11.6 Å². The fourth-order valence-electron chi connectivity index (χ4n) is 5.14. The summed E-state index contributed by atoms with van der Waals surface area (Å²) in [6, 6.07) is 8.06. The Morgan fingerprint density at radius 3 is 2.29 bits per heavy atom. The minimum absolute atomic E-state index is 0.117. The number of rotatable bonds is 3. The third-order valence-electron chi connectivity index (χ3n) is 7.13. The van der Waals surface area contributed by atoms with Gasteiger partial charge in [-0.3, -0.25) is 9.59 Å². The number of hydrogen-bond acceptors (Lipinski definition) is 3. The van der Waals surface area contributed by atoms with E-state index in [-0.39, 0.29) is 55.2 Å². The zero-order chi connectivity index (χ0) is 25.6. The second-order valence-electron chi connectivity index (χ2n) is 9.08. The zero-order valence-electron chi connectivity index (χ0n) is 18.3. The van der Waals surface area contributed by atoms with Crippen LogP contribution in [0.5, 0.6) is 0 Å². The third kappa shape index (κ3) is 4.55. The molecule has 1 spiro atoms. The van der Waals surface area contributed by atoms with Crippen molar-refractivity contribution < 1.29 is 36.6 Å². The molecule has 0 bridgehead atoms. The smallest absolute Gasteiger partial charge is 0.369 e. The molecule has 0 aliphatic carbocycles. The Labute approximate surface area is 206 Å². The SMILES string of the molecule is O=C1CC2(CCN(C(=O)[C@@](O)(c3ccc(F)c(Br)c3)C(F)(F)F)CC2)[C@H](c2ccc(F)cc2)CN1. The van der Waals surface area contributed by atoms with Crippen LogP contribution in [0.1, 0.15) is 36.3 Å². The Kier molecular flexibility index (Phi) is 6.69. The fourth-order valence-corrected chi connectivity index (χ4v) is 5.52. The number of carbonyl (C=O) groups is 2. The van der Waals surface area contributed by atoms with E-state index in [1.54, 1.807) is 12.1 Å². The maximum absolute atomic E-state index is 14.1. The molecule has 2 heterocycles. The Morgan fingerprint density at radius 2 is 1.71 bits per heavy atom. The highest BCUT2D eigenvalue weighted by atomic mass is 79.9. The van der Waals surface area contributed by atoms with Crippen LogP contribution in [-0.4, -0.2) is 47.6 Å². The predicted octanol–water partition coefficient (Wildman–Crippen LogP) is 4.39. The molecule has 2 aromatic rings. The minimum atomic E-state index is -5.36. The van der Waals surface area contributed by atoms with Gasteiger partial charge in [0.2, 0.25) is 5.91 Å². The van der Waals surface area contributed by atoms with Crippen molar-refractivity contribution in [1.29, 1.82) is 0 Å². The van der Waals surface area contributed by atoms with E-state index < -0.39 is 40.3 Å². The monoisotopic (exact) mass is 560 g/mol. The van der Waals surface area contributed by atoms with Crippen molar-refractivity contribution in [2.45, 2.75) is 37.0 Å². The van der Waals surface area contributed by atoms with Crippen LogP contribution in [0, 0.1) is 17.0 Å². The number of nitrogens with zero attached hydrogens (tertiary/aromatic N) is 1. The van der Waals surface area contributed by atoms with Gasteiger partial charge in [-0.15, -0.1) is 0 Å². The number of benzene rings is 2. The van der Waals surface area contributed by atoms with Gasteiger partial charge >= 0.3 is 6.18 Å². The van der Waals surface area contributed by atoms with E-state index >= 15 is 0 Å². The molecule has 2 amide bonds. The van der Waals surface area contributed by atoms with Crippen LogP contribution in [0.15, 0.2) is 46.9 Å². The Bertz CT molecular complexity index is 1130. The summed E-state index contributed by atoms with van der Waals surface area (Å²) in [5.41, 5.74) is -4.51. The average molecular weight is 561 g/mol. The Morgan fingerprint density at radius 1 is 1.09 bits per heavy atom. The molecule has 2 aromatic carbocycles. The molecule has 11 heteroatoms. The normalized spacial score (nSPS) is 22.0. The van der Waals surface area contributed by atoms with Gasteiger partial charge in [0.05, 0.1) is 4.47 Å². The predicted molar refractivity (Wildman–Crippen MR) is 119 cm³/mol. The number of hydrogen-bond donors (Lipinski definition) is 2. The van der Waals surface area contributed by atoms with Crippen LogP contribution in [0.3, 0.4) is 0 Å². The quantitative estimate of drug-likeness (QED) is 0.547. The first-order valence-electron chi connectivity index (χ1n) is 10.9. The summed E-state index contributed by atoms with van der Waals surface area (Å²) >= 11 is 2.80. The standard InChI is InChI=1S/C24H22BrF5N2O3/c25-18-11-15(3-6-19(18)27)23(35,24(28,29)30)21(34)32-9-7-22(8-10-32)12-20(33)31-13-17(22)14-1-4-16(26)5-2-14/h1-6,11,17,35H,7-10,12-13H2,(H,31,33)/t17-,23-/m0/s1. The van der Waals surface area contributed by atoms with E-state index in [0.29, 0.717) is 0 Å². The average Bonchev–Trinajstić information content (AvgIpc) is 2.80. The molecule has 5 nitrogen and oxygen atoms in total. The van der Waals surface area contributed by atoms with Crippen molar-refractivity contribution >= 4 is 27.7 Å². The molecule has 2 N–H and O–H groups in total. The number of nitrogens with one attached hydrogen (secondary N) is 1. The van der Waals surface area contributed by atoms with Gasteiger partial charge in [0, 0.05) is 37.5 Å². The van der Waals surface area contributed by atoms with Gasteiger partial charge < -0.3 is 15.3 Å². The minimum Gasteiger partial charge on any atom is -0.369 e. The van der Waals surface area contributed by atoms with Gasteiger partial charge in [0.15, 0.2) is 0 Å². The van der Waals surface area contributed by atoms with Crippen molar-refractivity contribution in [3.8, 4) is 0 Å². The maximum Gasteiger partial charge on any atom is 0.430 e. The molecule has 0 unspecified atom stereocenters. The lowest BCUT2D eigenvalue weighted by Crippen LogP contribution is -2.59. The van der Waals surface area contributed by atoms with Gasteiger partial charge in [-0.25, -0.2) is 8.78 Å². The van der Waals surface area contributed by atoms with E-state index in [0.717, 1.165) is 28.7 Å². The number of piperidine rings is 2. The molecule has 0 aromatic heterocycles. The molecule has 2 fully saturated rings. The van der Waals surface area contributed by atoms with Crippen LogP contribution in [0.4, 0.5) is 22.0 Å². The fraction of sp³-hybridized carbons (Fsp3) is 0.417. The maximum atomic E-state index is 14.1. The summed E-state index contributed by atoms with van der Waals surface area (Å²) in [4.78, 5) is 26.3. The summed E-state index contributed by atoms with van der Waals surface area (Å²) < 4.78 is 68.9. The second kappa shape index (κ2) is 9.16. The summed E-state index contributed by atoms with van der Waals surface area (Å²) in [5, 5.41) is 13.5. The van der Waals surface area contributed by atoms with E-state index in [4.69, 9.17) is 0 Å². The number of carbonyl (C=O) groups excluding carboxylic acids is 2. The lowest BCUT2D eigenvalue weighted by molar-refractivity contribution is -0.262. The molecular weight excluding hydrogens is 539 g/mol. The summed E-state index contributed by atoms with van der Waals surface area (Å²) in [6.07, 6.45) is -4.81. The van der Waals surface area contributed by atoms with E-state index in [9.17, 15) is 36.6 Å². The van der Waals surface area contributed by atoms with E-state index in [1.165, 1.54) is 12.1 Å². The zero-order valence-corrected chi connectivity index (χ0v) is 19.9. The van der Waals surface area contributed by atoms with Gasteiger partial charge in [-0.2, -0.15) is 13.2 Å². The molecule has 0 saturated carbocycles. The van der Waals surface area contributed by atoms with Crippen molar-refractivity contribution in [1.82, 2.24) is 10.2 Å². The highest BCUT2D eigenvalue weighted by molar-refractivity contribution is 9.10. The van der Waals surface area contributed by atoms with Crippen molar-refractivity contribution in [2.24, 2.45) is 5.41 Å². The van der Waals surface area contributed by atoms with Crippen LogP contribution in [0.25, 0.3) is 0 Å². The van der Waals surface area contributed by atoms with Crippen molar-refractivity contribution in [3.63, 3.8) is 0 Å². The molecule has 0 radical (unpaired) electrons. The second-order valence-corrected chi connectivity index (χ2v) is 9.93. The highest BCUT2D eigenvalue weighted by Crippen LogP contribution is 2.50. The summed E-state index contributed by atoms with van der Waals surface area (Å²) in [6.45, 7) is 0.0453. The number of aliphatic hydroxyl groups is 1. The van der Waals surface area contributed by atoms with E-state index in [1.807, 2.05) is 0 Å². The molecular formula is C24H22BrF5N2O3. The molecule has 188 valence electrons. The van der Waals surface area contributed by atoms with Crippen molar-refractivity contribution in [3.05, 3.63) is 69.7 Å². The number of alkyl halides is 3. The lowest BCUT2D eigenvalue weighted by atomic mass is 9.62. The first-order valence-corrected chi connectivity index (χ1v) is 11.7. The number of likely N-dealkylation sites (tertiary alicyclic amines) is 1. The lowest BCUT2D eigenvalue weighted by Gasteiger charge is -2.50. The van der Waals surface area contributed by atoms with Crippen LogP contribution >= 0.6 is 15.9 Å². The molecule has 2 aliphatic rings. The summed E-state index contributed by atoms with van der Waals surface area (Å²) in [5.74, 6) is -3.23. The van der Waals surface area contributed by atoms with Gasteiger partial charge in [-0.05, 0) is 64.0 Å². The van der Waals surface area contributed by atoms with Gasteiger partial charge in [-0.1, -0.05) is 18.2 Å². The highest BCUT2D eigenvalue weighted by Gasteiger charge is 2.62. The van der Waals surface area contributed by atoms with Crippen LogP contribution in [-0.2, 0) is 15.2 Å². The third-order valence-corrected chi connectivity index (χ3v) is 7.74. The van der Waals surface area contributed by atoms with Crippen molar-refractivity contribution in [2.75, 3.05) is 19.6 Å². The molecule has 35 heavy (non-hydrogen) atoms.